The Hall–Kier alpha value is -2.28. The topological polar surface area (TPSA) is 89.8 Å². The SMILES string of the molecule is Cc1cc(N2C(=O)[C@@H]3[C@@H](C2=O)[C@H]2CC[C@@H]3O2)ccc1[N+](=O)[O-]. The fourth-order valence-corrected chi connectivity index (χ4v) is 3.95. The Bertz CT molecular complexity index is 688. The molecule has 3 aliphatic rings. The minimum atomic E-state index is -0.477. The number of ether oxygens (including phenoxy) is 1. The maximum absolute atomic E-state index is 12.6. The molecule has 3 saturated heterocycles. The molecule has 3 aliphatic heterocycles. The molecule has 2 bridgehead atoms. The van der Waals surface area contributed by atoms with Crippen molar-refractivity contribution in [2.24, 2.45) is 11.8 Å². The molecule has 0 aromatic heterocycles. The minimum Gasteiger partial charge on any atom is -0.373 e. The smallest absolute Gasteiger partial charge is 0.272 e. The van der Waals surface area contributed by atoms with Gasteiger partial charge < -0.3 is 4.74 Å². The van der Waals surface area contributed by atoms with Crippen molar-refractivity contribution in [1.82, 2.24) is 0 Å². The number of nitro benzene ring substituents is 1. The Balaban J connectivity index is 1.72. The zero-order valence-corrected chi connectivity index (χ0v) is 11.9. The van der Waals surface area contributed by atoms with E-state index in [2.05, 4.69) is 0 Å². The van der Waals surface area contributed by atoms with E-state index >= 15 is 0 Å². The maximum atomic E-state index is 12.6. The molecular weight excluding hydrogens is 288 g/mol. The molecule has 22 heavy (non-hydrogen) atoms. The summed E-state index contributed by atoms with van der Waals surface area (Å²) in [7, 11) is 0. The zero-order chi connectivity index (χ0) is 15.6. The molecule has 7 heteroatoms. The molecule has 0 spiro atoms. The summed E-state index contributed by atoms with van der Waals surface area (Å²) in [6.07, 6.45) is 1.32. The largest absolute Gasteiger partial charge is 0.373 e. The maximum Gasteiger partial charge on any atom is 0.272 e. The normalized spacial score (nSPS) is 32.7. The summed E-state index contributed by atoms with van der Waals surface area (Å²) in [6.45, 7) is 1.60. The number of rotatable bonds is 2. The third-order valence-electron chi connectivity index (χ3n) is 4.92. The second kappa shape index (κ2) is 4.36. The molecular formula is C15H14N2O5. The molecule has 0 saturated carbocycles. The van der Waals surface area contributed by atoms with Crippen LogP contribution in [-0.2, 0) is 14.3 Å². The van der Waals surface area contributed by atoms with E-state index in [9.17, 15) is 19.7 Å². The Morgan fingerprint density at radius 1 is 1.18 bits per heavy atom. The summed E-state index contributed by atoms with van der Waals surface area (Å²) < 4.78 is 5.68. The lowest BCUT2D eigenvalue weighted by molar-refractivity contribution is -0.385. The number of imide groups is 1. The highest BCUT2D eigenvalue weighted by atomic mass is 16.6. The molecule has 0 N–H and O–H groups in total. The summed E-state index contributed by atoms with van der Waals surface area (Å²) in [4.78, 5) is 36.8. The van der Waals surface area contributed by atoms with Crippen molar-refractivity contribution in [3.8, 4) is 0 Å². The highest BCUT2D eigenvalue weighted by Gasteiger charge is 2.62. The van der Waals surface area contributed by atoms with Crippen LogP contribution in [0.2, 0.25) is 0 Å². The van der Waals surface area contributed by atoms with E-state index < -0.39 is 4.92 Å². The van der Waals surface area contributed by atoms with Crippen LogP contribution in [0.3, 0.4) is 0 Å². The number of fused-ring (bicyclic) bond motifs is 5. The van der Waals surface area contributed by atoms with Crippen molar-refractivity contribution in [3.05, 3.63) is 33.9 Å². The van der Waals surface area contributed by atoms with Crippen LogP contribution in [0.1, 0.15) is 18.4 Å². The number of amides is 2. The molecule has 3 fully saturated rings. The highest BCUT2D eigenvalue weighted by molar-refractivity contribution is 6.22. The average molecular weight is 302 g/mol. The number of hydrogen-bond acceptors (Lipinski definition) is 5. The molecule has 0 unspecified atom stereocenters. The monoisotopic (exact) mass is 302 g/mol. The summed E-state index contributed by atoms with van der Waals surface area (Å²) in [5.74, 6) is -1.26. The number of carbonyl (C=O) groups excluding carboxylic acids is 2. The van der Waals surface area contributed by atoms with Crippen LogP contribution in [0.5, 0.6) is 0 Å². The Kier molecular flexibility index (Phi) is 2.65. The van der Waals surface area contributed by atoms with E-state index in [0.717, 1.165) is 12.8 Å². The van der Waals surface area contributed by atoms with Crippen molar-refractivity contribution >= 4 is 23.2 Å². The fraction of sp³-hybridized carbons (Fsp3) is 0.467. The molecule has 114 valence electrons. The van der Waals surface area contributed by atoms with Gasteiger partial charge in [0.15, 0.2) is 0 Å². The number of anilines is 1. The van der Waals surface area contributed by atoms with Crippen molar-refractivity contribution in [2.45, 2.75) is 32.0 Å². The Morgan fingerprint density at radius 3 is 2.27 bits per heavy atom. The second-order valence-electron chi connectivity index (χ2n) is 6.08. The molecule has 3 heterocycles. The quantitative estimate of drug-likeness (QED) is 0.470. The third-order valence-corrected chi connectivity index (χ3v) is 4.92. The van der Waals surface area contributed by atoms with E-state index in [0.29, 0.717) is 11.3 Å². The van der Waals surface area contributed by atoms with Gasteiger partial charge in [-0.15, -0.1) is 0 Å². The molecule has 0 aliphatic carbocycles. The van der Waals surface area contributed by atoms with Crippen LogP contribution in [0.4, 0.5) is 11.4 Å². The predicted molar refractivity (Wildman–Crippen MR) is 75.2 cm³/mol. The minimum absolute atomic E-state index is 0.0218. The first kappa shape index (κ1) is 13.4. The van der Waals surface area contributed by atoms with Crippen LogP contribution in [0, 0.1) is 28.9 Å². The summed E-state index contributed by atoms with van der Waals surface area (Å²) in [5, 5.41) is 10.9. The van der Waals surface area contributed by atoms with E-state index in [1.54, 1.807) is 6.92 Å². The van der Waals surface area contributed by atoms with Crippen molar-refractivity contribution in [1.29, 1.82) is 0 Å². The van der Waals surface area contributed by atoms with E-state index in [1.807, 2.05) is 0 Å². The van der Waals surface area contributed by atoms with E-state index in [1.165, 1.54) is 23.1 Å². The molecule has 1 aromatic rings. The van der Waals surface area contributed by atoms with Gasteiger partial charge in [0.05, 0.1) is 34.7 Å². The summed E-state index contributed by atoms with van der Waals surface area (Å²) >= 11 is 0. The van der Waals surface area contributed by atoms with Gasteiger partial charge in [-0.2, -0.15) is 0 Å². The van der Waals surface area contributed by atoms with Gasteiger partial charge >= 0.3 is 0 Å². The van der Waals surface area contributed by atoms with E-state index in [4.69, 9.17) is 4.74 Å². The second-order valence-corrected chi connectivity index (χ2v) is 6.08. The molecule has 2 amide bonds. The number of hydrogen-bond donors (Lipinski definition) is 0. The van der Waals surface area contributed by atoms with Gasteiger partial charge in [0.1, 0.15) is 0 Å². The van der Waals surface area contributed by atoms with Crippen molar-refractivity contribution in [3.63, 3.8) is 0 Å². The van der Waals surface area contributed by atoms with Crippen LogP contribution < -0.4 is 4.90 Å². The number of nitro groups is 1. The predicted octanol–water partition coefficient (Wildman–Crippen LogP) is 1.57. The van der Waals surface area contributed by atoms with Crippen LogP contribution in [0.15, 0.2) is 18.2 Å². The molecule has 4 rings (SSSR count). The summed E-state index contributed by atoms with van der Waals surface area (Å²) in [6, 6.07) is 4.33. The third kappa shape index (κ3) is 1.60. The Morgan fingerprint density at radius 2 is 1.77 bits per heavy atom. The molecule has 0 radical (unpaired) electrons. The van der Waals surface area contributed by atoms with Gasteiger partial charge in [0.2, 0.25) is 11.8 Å². The molecule has 4 atom stereocenters. The summed E-state index contributed by atoms with van der Waals surface area (Å²) in [5.41, 5.74) is 0.817. The van der Waals surface area contributed by atoms with Crippen molar-refractivity contribution in [2.75, 3.05) is 4.90 Å². The standard InChI is InChI=1S/C15H14N2O5/c1-7-6-8(2-3-9(7)17(20)21)16-14(18)12-10-4-5-11(22-10)13(12)15(16)19/h2-3,6,10-13H,4-5H2,1H3/t10-,11+,12-,13-/m0/s1. The van der Waals surface area contributed by atoms with Crippen LogP contribution in [-0.4, -0.2) is 28.9 Å². The van der Waals surface area contributed by atoms with Gasteiger partial charge in [-0.25, -0.2) is 4.90 Å². The van der Waals surface area contributed by atoms with Gasteiger partial charge in [-0.3, -0.25) is 19.7 Å². The molecule has 1 aromatic carbocycles. The number of nitrogens with zero attached hydrogens (tertiary/aromatic N) is 2. The highest BCUT2D eigenvalue weighted by Crippen LogP contribution is 2.49. The zero-order valence-electron chi connectivity index (χ0n) is 11.9. The van der Waals surface area contributed by atoms with E-state index in [-0.39, 0.29) is 41.5 Å². The van der Waals surface area contributed by atoms with Gasteiger partial charge in [0, 0.05) is 11.6 Å². The average Bonchev–Trinajstić information content (AvgIpc) is 3.12. The van der Waals surface area contributed by atoms with Gasteiger partial charge in [0.25, 0.3) is 5.69 Å². The fourth-order valence-electron chi connectivity index (χ4n) is 3.95. The van der Waals surface area contributed by atoms with Crippen LogP contribution >= 0.6 is 0 Å². The van der Waals surface area contributed by atoms with Gasteiger partial charge in [-0.05, 0) is 31.9 Å². The lowest BCUT2D eigenvalue weighted by atomic mass is 9.81. The molecule has 7 nitrogen and oxygen atoms in total. The number of carbonyl (C=O) groups is 2. The first-order chi connectivity index (χ1) is 10.5. The lowest BCUT2D eigenvalue weighted by Crippen LogP contribution is -2.34. The van der Waals surface area contributed by atoms with Gasteiger partial charge in [-0.1, -0.05) is 0 Å². The first-order valence-corrected chi connectivity index (χ1v) is 7.27. The number of benzene rings is 1. The number of aryl methyl sites for hydroxylation is 1. The Labute approximate surface area is 126 Å². The lowest BCUT2D eigenvalue weighted by Gasteiger charge is -2.17. The van der Waals surface area contributed by atoms with Crippen LogP contribution in [0.25, 0.3) is 0 Å². The van der Waals surface area contributed by atoms with Crippen molar-refractivity contribution < 1.29 is 19.2 Å². The first-order valence-electron chi connectivity index (χ1n) is 7.27.